The lowest BCUT2D eigenvalue weighted by molar-refractivity contribution is -0.140. The molecule has 3 N–H and O–H groups in total. The molecular weight excluding hydrogens is 270 g/mol. The molecule has 0 bridgehead atoms. The third kappa shape index (κ3) is 3.10. The van der Waals surface area contributed by atoms with Crippen LogP contribution < -0.4 is 10.9 Å². The fraction of sp³-hybridized carbons (Fsp3) is 0.267. The normalized spacial score (nSPS) is 10.4. The summed E-state index contributed by atoms with van der Waals surface area (Å²) in [4.78, 5) is 26.2. The first kappa shape index (κ1) is 14.8. The van der Waals surface area contributed by atoms with E-state index in [9.17, 15) is 9.59 Å². The second-order valence-electron chi connectivity index (χ2n) is 4.59. The first-order valence-electron chi connectivity index (χ1n) is 6.63. The van der Waals surface area contributed by atoms with Gasteiger partial charge in [0, 0.05) is 11.6 Å². The minimum Gasteiger partial charge on any atom is -0.465 e. The van der Waals surface area contributed by atoms with Gasteiger partial charge in [0.1, 0.15) is 6.54 Å². The first-order chi connectivity index (χ1) is 10.1. The number of anilines is 1. The van der Waals surface area contributed by atoms with Gasteiger partial charge in [0.25, 0.3) is 5.56 Å². The van der Waals surface area contributed by atoms with Crippen molar-refractivity contribution in [1.82, 2.24) is 4.98 Å². The third-order valence-corrected chi connectivity index (χ3v) is 3.07. The van der Waals surface area contributed by atoms with Crippen LogP contribution in [-0.4, -0.2) is 30.3 Å². The second-order valence-corrected chi connectivity index (χ2v) is 4.59. The number of ether oxygens (including phenoxy) is 1. The summed E-state index contributed by atoms with van der Waals surface area (Å²) in [6, 6.07) is 5.58. The molecule has 0 aliphatic carbocycles. The van der Waals surface area contributed by atoms with Gasteiger partial charge in [0.05, 0.1) is 23.4 Å². The quantitative estimate of drug-likeness (QED) is 0.577. The van der Waals surface area contributed by atoms with Crippen molar-refractivity contribution in [3.8, 4) is 0 Å². The van der Waals surface area contributed by atoms with Gasteiger partial charge in [-0.3, -0.25) is 9.59 Å². The standard InChI is InChI=1S/C15H17N3O3/c1-3-21-13(19)8-17-14-10-6-9(2)4-5-12(10)18-15(20)11(14)7-16/h4-7,16H,3,8H2,1-2H3,(H2,17,18,20). The number of esters is 1. The highest BCUT2D eigenvalue weighted by Crippen LogP contribution is 2.23. The summed E-state index contributed by atoms with van der Waals surface area (Å²) in [6.07, 6.45) is 0.980. The van der Waals surface area contributed by atoms with Crippen LogP contribution in [0.1, 0.15) is 18.1 Å². The minimum absolute atomic E-state index is 0.0544. The number of aromatic amines is 1. The first-order valence-corrected chi connectivity index (χ1v) is 6.63. The predicted molar refractivity (Wildman–Crippen MR) is 82.3 cm³/mol. The van der Waals surface area contributed by atoms with E-state index in [0.29, 0.717) is 17.8 Å². The number of aryl methyl sites for hydroxylation is 1. The zero-order valence-corrected chi connectivity index (χ0v) is 11.9. The average Bonchev–Trinajstić information content (AvgIpc) is 2.45. The monoisotopic (exact) mass is 287 g/mol. The van der Waals surface area contributed by atoms with Crippen molar-refractivity contribution in [2.24, 2.45) is 0 Å². The van der Waals surface area contributed by atoms with Gasteiger partial charge in [-0.15, -0.1) is 0 Å². The molecule has 2 rings (SSSR count). The molecule has 0 saturated heterocycles. The summed E-state index contributed by atoms with van der Waals surface area (Å²) in [5.74, 6) is -0.408. The van der Waals surface area contributed by atoms with Crippen LogP contribution in [-0.2, 0) is 9.53 Å². The van der Waals surface area contributed by atoms with E-state index >= 15 is 0 Å². The Morgan fingerprint density at radius 3 is 2.90 bits per heavy atom. The smallest absolute Gasteiger partial charge is 0.325 e. The average molecular weight is 287 g/mol. The number of pyridine rings is 1. The highest BCUT2D eigenvalue weighted by molar-refractivity contribution is 6.01. The Morgan fingerprint density at radius 1 is 1.48 bits per heavy atom. The van der Waals surface area contributed by atoms with E-state index in [1.807, 2.05) is 19.1 Å². The van der Waals surface area contributed by atoms with Crippen LogP contribution in [0.2, 0.25) is 0 Å². The molecule has 0 atom stereocenters. The Morgan fingerprint density at radius 2 is 2.24 bits per heavy atom. The molecule has 0 unspecified atom stereocenters. The Kier molecular flexibility index (Phi) is 4.37. The van der Waals surface area contributed by atoms with Gasteiger partial charge < -0.3 is 20.4 Å². The lowest BCUT2D eigenvalue weighted by atomic mass is 10.1. The van der Waals surface area contributed by atoms with E-state index in [2.05, 4.69) is 10.3 Å². The maximum Gasteiger partial charge on any atom is 0.325 e. The minimum atomic E-state index is -0.408. The van der Waals surface area contributed by atoms with Gasteiger partial charge in [-0.1, -0.05) is 11.6 Å². The number of rotatable bonds is 5. The van der Waals surface area contributed by atoms with Gasteiger partial charge in [0.2, 0.25) is 0 Å². The van der Waals surface area contributed by atoms with Crippen LogP contribution in [0.3, 0.4) is 0 Å². The van der Waals surface area contributed by atoms with Crippen molar-refractivity contribution in [3.05, 3.63) is 39.7 Å². The number of nitrogens with one attached hydrogen (secondary N) is 3. The highest BCUT2D eigenvalue weighted by Gasteiger charge is 2.12. The van der Waals surface area contributed by atoms with Crippen LogP contribution in [0, 0.1) is 12.3 Å². The van der Waals surface area contributed by atoms with Crippen molar-refractivity contribution in [1.29, 1.82) is 5.41 Å². The summed E-state index contributed by atoms with van der Waals surface area (Å²) in [6.45, 7) is 3.91. The summed E-state index contributed by atoms with van der Waals surface area (Å²) < 4.78 is 4.86. The molecule has 0 spiro atoms. The molecule has 0 aliphatic rings. The molecule has 1 aromatic carbocycles. The molecule has 1 aromatic heterocycles. The zero-order valence-electron chi connectivity index (χ0n) is 11.9. The fourth-order valence-corrected chi connectivity index (χ4v) is 2.12. The van der Waals surface area contributed by atoms with Gasteiger partial charge in [-0.2, -0.15) is 0 Å². The number of aromatic nitrogens is 1. The number of H-pyrrole nitrogens is 1. The number of carbonyl (C=O) groups is 1. The Balaban J connectivity index is 2.52. The number of carbonyl (C=O) groups excluding carboxylic acids is 1. The molecule has 0 radical (unpaired) electrons. The topological polar surface area (TPSA) is 95.0 Å². The molecule has 0 saturated carbocycles. The van der Waals surface area contributed by atoms with Crippen LogP contribution in [0.25, 0.3) is 10.9 Å². The molecule has 1 heterocycles. The van der Waals surface area contributed by atoms with Crippen molar-refractivity contribution >= 4 is 28.8 Å². The van der Waals surface area contributed by atoms with Crippen LogP contribution in [0.4, 0.5) is 5.69 Å². The maximum atomic E-state index is 12.0. The Labute approximate surface area is 121 Å². The van der Waals surface area contributed by atoms with Gasteiger partial charge in [-0.25, -0.2) is 0 Å². The summed E-state index contributed by atoms with van der Waals surface area (Å²) in [7, 11) is 0. The van der Waals surface area contributed by atoms with E-state index in [0.717, 1.165) is 17.2 Å². The molecule has 0 fully saturated rings. The lowest BCUT2D eigenvalue weighted by Gasteiger charge is -2.12. The molecule has 6 nitrogen and oxygen atoms in total. The van der Waals surface area contributed by atoms with E-state index in [4.69, 9.17) is 10.1 Å². The van der Waals surface area contributed by atoms with Crippen molar-refractivity contribution < 1.29 is 9.53 Å². The van der Waals surface area contributed by atoms with E-state index in [1.54, 1.807) is 13.0 Å². The van der Waals surface area contributed by atoms with Crippen molar-refractivity contribution in [2.75, 3.05) is 18.5 Å². The highest BCUT2D eigenvalue weighted by atomic mass is 16.5. The third-order valence-electron chi connectivity index (χ3n) is 3.07. The summed E-state index contributed by atoms with van der Waals surface area (Å²) >= 11 is 0. The maximum absolute atomic E-state index is 12.0. The van der Waals surface area contributed by atoms with Crippen molar-refractivity contribution in [2.45, 2.75) is 13.8 Å². The SMILES string of the molecule is CCOC(=O)CNc1c(C=N)c(=O)[nH]c2ccc(C)cc12. The van der Waals surface area contributed by atoms with Gasteiger partial charge >= 0.3 is 5.97 Å². The summed E-state index contributed by atoms with van der Waals surface area (Å²) in [5, 5.41) is 11.1. The molecule has 2 aromatic rings. The van der Waals surface area contributed by atoms with E-state index < -0.39 is 5.97 Å². The molecule has 0 amide bonds. The van der Waals surface area contributed by atoms with Gasteiger partial charge in [-0.05, 0) is 26.0 Å². The molecular formula is C15H17N3O3. The number of hydrogen-bond donors (Lipinski definition) is 3. The van der Waals surface area contributed by atoms with Crippen molar-refractivity contribution in [3.63, 3.8) is 0 Å². The second kappa shape index (κ2) is 6.21. The molecule has 21 heavy (non-hydrogen) atoms. The van der Waals surface area contributed by atoms with Gasteiger partial charge in [0.15, 0.2) is 0 Å². The lowest BCUT2D eigenvalue weighted by Crippen LogP contribution is -2.21. The predicted octanol–water partition coefficient (Wildman–Crippen LogP) is 1.81. The van der Waals surface area contributed by atoms with E-state index in [1.165, 1.54) is 0 Å². The van der Waals surface area contributed by atoms with Crippen LogP contribution in [0.5, 0.6) is 0 Å². The van der Waals surface area contributed by atoms with Crippen LogP contribution >= 0.6 is 0 Å². The largest absolute Gasteiger partial charge is 0.465 e. The zero-order chi connectivity index (χ0) is 15.4. The Hall–Kier alpha value is -2.63. The number of fused-ring (bicyclic) bond motifs is 1. The molecule has 110 valence electrons. The number of hydrogen-bond acceptors (Lipinski definition) is 5. The van der Waals surface area contributed by atoms with Crippen LogP contribution in [0.15, 0.2) is 23.0 Å². The summed E-state index contributed by atoms with van der Waals surface area (Å²) in [5.41, 5.74) is 1.97. The molecule has 6 heteroatoms. The fourth-order valence-electron chi connectivity index (χ4n) is 2.12. The molecule has 0 aliphatic heterocycles. The van der Waals surface area contributed by atoms with E-state index in [-0.39, 0.29) is 17.7 Å². The Bertz CT molecular complexity index is 750. The number of benzene rings is 1.